The number of rotatable bonds is 5. The molecule has 0 saturated carbocycles. The Morgan fingerprint density at radius 2 is 2.04 bits per heavy atom. The van der Waals surface area contributed by atoms with E-state index in [0.29, 0.717) is 32.1 Å². The molecule has 138 valence electrons. The number of ether oxygens (including phenoxy) is 1. The highest BCUT2D eigenvalue weighted by Crippen LogP contribution is 2.27. The summed E-state index contributed by atoms with van der Waals surface area (Å²) in [5, 5.41) is 3.63. The summed E-state index contributed by atoms with van der Waals surface area (Å²) in [5.74, 6) is -0.789. The summed E-state index contributed by atoms with van der Waals surface area (Å²) >= 11 is 6.93. The lowest BCUT2D eigenvalue weighted by molar-refractivity contribution is -0.123. The molecule has 3 rings (SSSR count). The SMILES string of the molecule is Cc1nc(-c2ccccn2)sc1C(=O)O[C@H](C)C(=O)Nc1ccc(Cl)cn1. The number of halogens is 1. The molecule has 0 aliphatic heterocycles. The molecule has 1 amide bonds. The average molecular weight is 403 g/mol. The maximum Gasteiger partial charge on any atom is 0.351 e. The number of anilines is 1. The van der Waals surface area contributed by atoms with Crippen LogP contribution in [0.15, 0.2) is 42.7 Å². The molecule has 1 atom stereocenters. The van der Waals surface area contributed by atoms with Gasteiger partial charge in [0.2, 0.25) is 0 Å². The molecular weight excluding hydrogens is 388 g/mol. The molecule has 0 fully saturated rings. The van der Waals surface area contributed by atoms with Crippen LogP contribution >= 0.6 is 22.9 Å². The van der Waals surface area contributed by atoms with Crippen LogP contribution in [0.3, 0.4) is 0 Å². The van der Waals surface area contributed by atoms with Crippen LogP contribution < -0.4 is 5.32 Å². The van der Waals surface area contributed by atoms with Crippen molar-refractivity contribution in [2.45, 2.75) is 20.0 Å². The molecule has 0 saturated heterocycles. The van der Waals surface area contributed by atoms with Crippen LogP contribution in [-0.4, -0.2) is 32.9 Å². The van der Waals surface area contributed by atoms with Gasteiger partial charge in [-0.25, -0.2) is 14.8 Å². The number of esters is 1. The molecule has 3 heterocycles. The zero-order valence-electron chi connectivity index (χ0n) is 14.5. The smallest absolute Gasteiger partial charge is 0.351 e. The molecule has 0 bridgehead atoms. The summed E-state index contributed by atoms with van der Waals surface area (Å²) < 4.78 is 5.27. The summed E-state index contributed by atoms with van der Waals surface area (Å²) in [4.78, 5) is 37.5. The summed E-state index contributed by atoms with van der Waals surface area (Å²) in [6, 6.07) is 8.60. The van der Waals surface area contributed by atoms with Gasteiger partial charge in [-0.15, -0.1) is 11.3 Å². The second-order valence-electron chi connectivity index (χ2n) is 5.55. The number of hydrogen-bond donors (Lipinski definition) is 1. The van der Waals surface area contributed by atoms with Crippen molar-refractivity contribution < 1.29 is 14.3 Å². The number of nitrogens with zero attached hydrogens (tertiary/aromatic N) is 3. The van der Waals surface area contributed by atoms with Crippen molar-refractivity contribution in [3.63, 3.8) is 0 Å². The monoisotopic (exact) mass is 402 g/mol. The average Bonchev–Trinajstić information content (AvgIpc) is 3.06. The summed E-state index contributed by atoms with van der Waals surface area (Å²) in [6.45, 7) is 3.20. The molecule has 0 aromatic carbocycles. The van der Waals surface area contributed by atoms with Gasteiger partial charge in [0, 0.05) is 12.4 Å². The van der Waals surface area contributed by atoms with Crippen molar-refractivity contribution in [1.29, 1.82) is 0 Å². The predicted molar refractivity (Wildman–Crippen MR) is 103 cm³/mol. The first-order valence-corrected chi connectivity index (χ1v) is 9.15. The van der Waals surface area contributed by atoms with Crippen LogP contribution in [0.4, 0.5) is 5.82 Å². The number of nitrogens with one attached hydrogen (secondary N) is 1. The summed E-state index contributed by atoms with van der Waals surface area (Å²) in [7, 11) is 0. The lowest BCUT2D eigenvalue weighted by atomic mass is 10.3. The van der Waals surface area contributed by atoms with E-state index >= 15 is 0 Å². The Labute approximate surface area is 164 Å². The Kier molecular flexibility index (Phi) is 5.78. The second-order valence-corrected chi connectivity index (χ2v) is 6.98. The van der Waals surface area contributed by atoms with E-state index in [9.17, 15) is 9.59 Å². The highest BCUT2D eigenvalue weighted by atomic mass is 35.5. The maximum atomic E-state index is 12.4. The number of carbonyl (C=O) groups is 2. The molecule has 0 unspecified atom stereocenters. The zero-order valence-corrected chi connectivity index (χ0v) is 16.0. The number of hydrogen-bond acceptors (Lipinski definition) is 7. The van der Waals surface area contributed by atoms with Crippen LogP contribution in [0, 0.1) is 6.92 Å². The summed E-state index contributed by atoms with van der Waals surface area (Å²) in [6.07, 6.45) is 2.06. The fourth-order valence-electron chi connectivity index (χ4n) is 2.13. The molecule has 7 nitrogen and oxygen atoms in total. The minimum absolute atomic E-state index is 0.318. The van der Waals surface area contributed by atoms with Gasteiger partial charge in [0.15, 0.2) is 6.10 Å². The van der Waals surface area contributed by atoms with E-state index in [1.807, 2.05) is 12.1 Å². The molecule has 0 aliphatic carbocycles. The quantitative estimate of drug-likeness (QED) is 0.653. The van der Waals surface area contributed by atoms with Crippen molar-refractivity contribution in [2.75, 3.05) is 5.32 Å². The van der Waals surface area contributed by atoms with Crippen molar-refractivity contribution in [2.24, 2.45) is 0 Å². The molecule has 0 aliphatic rings. The van der Waals surface area contributed by atoms with E-state index in [1.54, 1.807) is 31.3 Å². The molecular formula is C18H15ClN4O3S. The van der Waals surface area contributed by atoms with Gasteiger partial charge in [-0.2, -0.15) is 0 Å². The zero-order chi connectivity index (χ0) is 19.4. The first-order chi connectivity index (χ1) is 12.9. The Bertz CT molecular complexity index is 960. The number of aryl methyl sites for hydroxylation is 1. The van der Waals surface area contributed by atoms with Crippen molar-refractivity contribution >= 4 is 40.6 Å². The van der Waals surface area contributed by atoms with Gasteiger partial charge in [0.1, 0.15) is 15.7 Å². The van der Waals surface area contributed by atoms with Crippen molar-refractivity contribution in [1.82, 2.24) is 15.0 Å². The fourth-order valence-corrected chi connectivity index (χ4v) is 3.17. The minimum Gasteiger partial charge on any atom is -0.448 e. The van der Waals surface area contributed by atoms with E-state index in [4.69, 9.17) is 16.3 Å². The molecule has 27 heavy (non-hydrogen) atoms. The highest BCUT2D eigenvalue weighted by Gasteiger charge is 2.23. The number of carbonyl (C=O) groups excluding carboxylic acids is 2. The Morgan fingerprint density at radius 1 is 1.22 bits per heavy atom. The molecule has 3 aromatic rings. The van der Waals surface area contributed by atoms with Gasteiger partial charge in [-0.1, -0.05) is 17.7 Å². The van der Waals surface area contributed by atoms with Crippen molar-refractivity contribution in [3.8, 4) is 10.7 Å². The number of aromatic nitrogens is 3. The Morgan fingerprint density at radius 3 is 2.70 bits per heavy atom. The third kappa shape index (κ3) is 4.66. The highest BCUT2D eigenvalue weighted by molar-refractivity contribution is 7.17. The number of pyridine rings is 2. The topological polar surface area (TPSA) is 94.1 Å². The maximum absolute atomic E-state index is 12.4. The van der Waals surface area contributed by atoms with Crippen molar-refractivity contribution in [3.05, 3.63) is 58.3 Å². The Balaban J connectivity index is 1.67. The van der Waals surface area contributed by atoms with Crippen LogP contribution in [0.5, 0.6) is 0 Å². The van der Waals surface area contributed by atoms with Gasteiger partial charge in [0.05, 0.1) is 16.4 Å². The number of thiazole rings is 1. The molecule has 3 aromatic heterocycles. The molecule has 0 radical (unpaired) electrons. The van der Waals surface area contributed by atoms with E-state index in [0.717, 1.165) is 0 Å². The second kappa shape index (κ2) is 8.24. The third-order valence-corrected chi connectivity index (χ3v) is 4.88. The first kappa shape index (κ1) is 18.9. The number of amides is 1. The fraction of sp³-hybridized carbons (Fsp3) is 0.167. The minimum atomic E-state index is -1.00. The van der Waals surface area contributed by atoms with Crippen LogP contribution in [-0.2, 0) is 9.53 Å². The van der Waals surface area contributed by atoms with E-state index in [1.165, 1.54) is 24.5 Å². The van der Waals surface area contributed by atoms with Gasteiger partial charge >= 0.3 is 5.97 Å². The lowest BCUT2D eigenvalue weighted by Gasteiger charge is -2.12. The molecule has 1 N–H and O–H groups in total. The van der Waals surface area contributed by atoms with Crippen LogP contribution in [0.2, 0.25) is 5.02 Å². The van der Waals surface area contributed by atoms with E-state index < -0.39 is 18.0 Å². The molecule has 9 heteroatoms. The first-order valence-electron chi connectivity index (χ1n) is 7.96. The third-order valence-electron chi connectivity index (χ3n) is 3.50. The van der Waals surface area contributed by atoms with Gasteiger partial charge in [-0.05, 0) is 38.1 Å². The Hall–Kier alpha value is -2.84. The van der Waals surface area contributed by atoms with E-state index in [-0.39, 0.29) is 0 Å². The van der Waals surface area contributed by atoms with E-state index in [2.05, 4.69) is 20.3 Å². The normalized spacial score (nSPS) is 11.7. The largest absolute Gasteiger partial charge is 0.448 e. The standard InChI is InChI=1S/C18H15ClN4O3S/c1-10-15(27-17(22-10)13-5-3-4-8-20-13)18(25)26-11(2)16(24)23-14-7-6-12(19)9-21-14/h3-9,11H,1-2H3,(H,21,23,24)/t11-/m1/s1. The predicted octanol–water partition coefficient (Wildman–Crippen LogP) is 3.75. The van der Waals surface area contributed by atoms with Crippen LogP contribution in [0.1, 0.15) is 22.3 Å². The van der Waals surface area contributed by atoms with Gasteiger partial charge < -0.3 is 10.1 Å². The summed E-state index contributed by atoms with van der Waals surface area (Å²) in [5.41, 5.74) is 1.20. The lowest BCUT2D eigenvalue weighted by Crippen LogP contribution is -2.30. The van der Waals surface area contributed by atoms with Gasteiger partial charge in [0.25, 0.3) is 5.91 Å². The van der Waals surface area contributed by atoms with Gasteiger partial charge in [-0.3, -0.25) is 9.78 Å². The molecule has 0 spiro atoms. The van der Waals surface area contributed by atoms with Crippen LogP contribution in [0.25, 0.3) is 10.7 Å².